The zero-order valence-corrected chi connectivity index (χ0v) is 12.4. The molecule has 0 saturated carbocycles. The molecule has 0 saturated heterocycles. The summed E-state index contributed by atoms with van der Waals surface area (Å²) in [4.78, 5) is 0. The van der Waals surface area contributed by atoms with E-state index in [0.717, 1.165) is 16.6 Å². The molecule has 0 aliphatic heterocycles. The topological polar surface area (TPSA) is 21.3 Å². The second-order valence-corrected chi connectivity index (χ2v) is 5.16. The molecule has 0 heterocycles. The van der Waals surface area contributed by atoms with Gasteiger partial charge in [-0.05, 0) is 59.2 Å². The van der Waals surface area contributed by atoms with Gasteiger partial charge in [-0.1, -0.05) is 12.1 Å². The van der Waals surface area contributed by atoms with Crippen LogP contribution in [-0.2, 0) is 6.54 Å². The molecule has 0 aromatic heterocycles. The van der Waals surface area contributed by atoms with Crippen LogP contribution in [0.25, 0.3) is 0 Å². The quantitative estimate of drug-likeness (QED) is 0.899. The van der Waals surface area contributed by atoms with Crippen LogP contribution < -0.4 is 10.1 Å². The Morgan fingerprint density at radius 1 is 1.21 bits per heavy atom. The first-order valence-corrected chi connectivity index (χ1v) is 6.76. The Hall–Kier alpha value is -1.39. The summed E-state index contributed by atoms with van der Waals surface area (Å²) < 4.78 is 20.0. The Labute approximate surface area is 120 Å². The number of nitrogens with one attached hydrogen (secondary N) is 1. The summed E-state index contributed by atoms with van der Waals surface area (Å²) in [6.45, 7) is 2.51. The van der Waals surface area contributed by atoms with Crippen molar-refractivity contribution in [3.63, 3.8) is 0 Å². The van der Waals surface area contributed by atoms with Gasteiger partial charge in [0, 0.05) is 12.6 Å². The Balaban J connectivity index is 2.20. The van der Waals surface area contributed by atoms with Crippen molar-refractivity contribution in [3.05, 3.63) is 57.8 Å². The zero-order valence-electron chi connectivity index (χ0n) is 10.8. The Morgan fingerprint density at radius 2 is 2.00 bits per heavy atom. The predicted octanol–water partition coefficient (Wildman–Crippen LogP) is 4.41. The maximum absolute atomic E-state index is 13.4. The van der Waals surface area contributed by atoms with Crippen LogP contribution in [0.1, 0.15) is 11.1 Å². The fourth-order valence-electron chi connectivity index (χ4n) is 1.71. The van der Waals surface area contributed by atoms with E-state index in [9.17, 15) is 4.39 Å². The minimum atomic E-state index is -0.263. The molecule has 1 N–H and O–H groups in total. The van der Waals surface area contributed by atoms with Crippen molar-refractivity contribution >= 4 is 15.9 Å². The van der Waals surface area contributed by atoms with Gasteiger partial charge in [0.2, 0.25) is 0 Å². The van der Waals surface area contributed by atoms with Crippen molar-refractivity contribution in [1.29, 1.82) is 0 Å². The minimum Gasteiger partial charge on any atom is -0.456 e. The fraction of sp³-hybridized carbons (Fsp3) is 0.200. The SMILES string of the molecule is CNCc1ccc(Oc2ccc(C)c(F)c2)c(Br)c1. The summed E-state index contributed by atoms with van der Waals surface area (Å²) >= 11 is 3.46. The Morgan fingerprint density at radius 3 is 2.63 bits per heavy atom. The number of benzene rings is 2. The lowest BCUT2D eigenvalue weighted by Crippen LogP contribution is -2.04. The van der Waals surface area contributed by atoms with Gasteiger partial charge in [0.1, 0.15) is 17.3 Å². The van der Waals surface area contributed by atoms with Gasteiger partial charge in [-0.3, -0.25) is 0 Å². The number of rotatable bonds is 4. The average molecular weight is 324 g/mol. The van der Waals surface area contributed by atoms with E-state index in [1.807, 2.05) is 25.2 Å². The first-order chi connectivity index (χ1) is 9.10. The summed E-state index contributed by atoms with van der Waals surface area (Å²) in [6.07, 6.45) is 0. The molecule has 4 heteroatoms. The standard InChI is InChI=1S/C15H15BrFNO/c1-10-3-5-12(8-14(10)17)19-15-6-4-11(9-18-2)7-13(15)16/h3-8,18H,9H2,1-2H3. The Bertz CT molecular complexity index is 586. The van der Waals surface area contributed by atoms with E-state index < -0.39 is 0 Å². The second kappa shape index (κ2) is 6.17. The Kier molecular flexibility index (Phi) is 4.56. The van der Waals surface area contributed by atoms with Crippen LogP contribution in [0.2, 0.25) is 0 Å². The van der Waals surface area contributed by atoms with Gasteiger partial charge in [0.15, 0.2) is 0 Å². The number of halogens is 2. The molecule has 0 aliphatic carbocycles. The van der Waals surface area contributed by atoms with E-state index in [0.29, 0.717) is 17.1 Å². The number of hydrogen-bond acceptors (Lipinski definition) is 2. The molecule has 0 bridgehead atoms. The highest BCUT2D eigenvalue weighted by molar-refractivity contribution is 9.10. The molecular formula is C15H15BrFNO. The van der Waals surface area contributed by atoms with E-state index in [1.54, 1.807) is 19.1 Å². The van der Waals surface area contributed by atoms with Crippen LogP contribution in [0, 0.1) is 12.7 Å². The van der Waals surface area contributed by atoms with E-state index >= 15 is 0 Å². The zero-order chi connectivity index (χ0) is 13.8. The highest BCUT2D eigenvalue weighted by Gasteiger charge is 2.06. The monoisotopic (exact) mass is 323 g/mol. The molecule has 19 heavy (non-hydrogen) atoms. The van der Waals surface area contributed by atoms with Gasteiger partial charge in [0.05, 0.1) is 4.47 Å². The maximum Gasteiger partial charge on any atom is 0.141 e. The lowest BCUT2D eigenvalue weighted by Gasteiger charge is -2.10. The molecular weight excluding hydrogens is 309 g/mol. The third-order valence-corrected chi connectivity index (χ3v) is 3.37. The van der Waals surface area contributed by atoms with Crippen LogP contribution >= 0.6 is 15.9 Å². The van der Waals surface area contributed by atoms with Crippen molar-refractivity contribution in [2.24, 2.45) is 0 Å². The molecule has 0 fully saturated rings. The molecule has 0 unspecified atom stereocenters. The van der Waals surface area contributed by atoms with E-state index in [1.165, 1.54) is 6.07 Å². The van der Waals surface area contributed by atoms with Gasteiger partial charge in [0.25, 0.3) is 0 Å². The van der Waals surface area contributed by atoms with Gasteiger partial charge >= 0.3 is 0 Å². The van der Waals surface area contributed by atoms with Crippen molar-refractivity contribution in [1.82, 2.24) is 5.32 Å². The number of aryl methyl sites for hydroxylation is 1. The van der Waals surface area contributed by atoms with Crippen LogP contribution in [0.4, 0.5) is 4.39 Å². The average Bonchev–Trinajstić information content (AvgIpc) is 2.37. The van der Waals surface area contributed by atoms with E-state index in [-0.39, 0.29) is 5.82 Å². The predicted molar refractivity (Wildman–Crippen MR) is 78.1 cm³/mol. The van der Waals surface area contributed by atoms with Crippen molar-refractivity contribution < 1.29 is 9.13 Å². The summed E-state index contributed by atoms with van der Waals surface area (Å²) in [5, 5.41) is 3.08. The summed E-state index contributed by atoms with van der Waals surface area (Å²) in [7, 11) is 1.90. The molecule has 0 aliphatic rings. The highest BCUT2D eigenvalue weighted by Crippen LogP contribution is 2.31. The van der Waals surface area contributed by atoms with Crippen LogP contribution in [0.3, 0.4) is 0 Å². The molecule has 2 aromatic rings. The van der Waals surface area contributed by atoms with Gasteiger partial charge in [-0.15, -0.1) is 0 Å². The fourth-order valence-corrected chi connectivity index (χ4v) is 2.21. The van der Waals surface area contributed by atoms with Crippen molar-refractivity contribution in [2.45, 2.75) is 13.5 Å². The lowest BCUT2D eigenvalue weighted by atomic mass is 10.2. The van der Waals surface area contributed by atoms with Gasteiger partial charge in [-0.2, -0.15) is 0 Å². The minimum absolute atomic E-state index is 0.263. The lowest BCUT2D eigenvalue weighted by molar-refractivity contribution is 0.473. The highest BCUT2D eigenvalue weighted by atomic mass is 79.9. The molecule has 2 rings (SSSR count). The third kappa shape index (κ3) is 3.55. The molecule has 0 atom stereocenters. The molecule has 0 spiro atoms. The molecule has 2 nitrogen and oxygen atoms in total. The number of hydrogen-bond donors (Lipinski definition) is 1. The van der Waals surface area contributed by atoms with Crippen LogP contribution in [0.15, 0.2) is 40.9 Å². The van der Waals surface area contributed by atoms with Crippen LogP contribution in [0.5, 0.6) is 11.5 Å². The van der Waals surface area contributed by atoms with Gasteiger partial charge in [-0.25, -0.2) is 4.39 Å². The van der Waals surface area contributed by atoms with E-state index in [2.05, 4.69) is 21.2 Å². The molecule has 2 aromatic carbocycles. The summed E-state index contributed by atoms with van der Waals surface area (Å²) in [5.74, 6) is 0.897. The summed E-state index contributed by atoms with van der Waals surface area (Å²) in [6, 6.07) is 10.7. The first kappa shape index (κ1) is 14.0. The third-order valence-electron chi connectivity index (χ3n) is 2.75. The first-order valence-electron chi connectivity index (χ1n) is 5.97. The van der Waals surface area contributed by atoms with Crippen LogP contribution in [-0.4, -0.2) is 7.05 Å². The second-order valence-electron chi connectivity index (χ2n) is 4.31. The summed E-state index contributed by atoms with van der Waals surface area (Å²) in [5.41, 5.74) is 1.76. The molecule has 0 radical (unpaired) electrons. The maximum atomic E-state index is 13.4. The molecule has 0 amide bonds. The molecule has 100 valence electrons. The van der Waals surface area contributed by atoms with Crippen molar-refractivity contribution in [3.8, 4) is 11.5 Å². The van der Waals surface area contributed by atoms with Gasteiger partial charge < -0.3 is 10.1 Å². The largest absolute Gasteiger partial charge is 0.456 e. The van der Waals surface area contributed by atoms with E-state index in [4.69, 9.17) is 4.74 Å². The number of ether oxygens (including phenoxy) is 1. The van der Waals surface area contributed by atoms with Crippen molar-refractivity contribution in [2.75, 3.05) is 7.05 Å². The smallest absolute Gasteiger partial charge is 0.141 e. The normalized spacial score (nSPS) is 10.5.